The number of rotatable bonds is 7. The van der Waals surface area contributed by atoms with E-state index < -0.39 is 0 Å². The van der Waals surface area contributed by atoms with Gasteiger partial charge in [0.25, 0.3) is 0 Å². The van der Waals surface area contributed by atoms with Crippen LogP contribution in [0.3, 0.4) is 0 Å². The predicted molar refractivity (Wildman–Crippen MR) is 205 cm³/mol. The number of hydrogen-bond donors (Lipinski definition) is 2. The van der Waals surface area contributed by atoms with E-state index >= 15 is 0 Å². The minimum atomic E-state index is -0.0753. The third kappa shape index (κ3) is 8.47. The molecule has 50 heavy (non-hydrogen) atoms. The van der Waals surface area contributed by atoms with Gasteiger partial charge in [-0.05, 0) is 88.1 Å². The van der Waals surface area contributed by atoms with Crippen LogP contribution in [0.5, 0.6) is 11.5 Å². The molecule has 6 rings (SSSR count). The average molecular weight is 695 g/mol. The van der Waals surface area contributed by atoms with E-state index in [1.165, 1.54) is 15.2 Å². The van der Waals surface area contributed by atoms with Crippen molar-refractivity contribution in [2.24, 2.45) is 10.8 Å². The van der Waals surface area contributed by atoms with E-state index in [0.29, 0.717) is 16.9 Å². The molecule has 6 aromatic rings. The first-order valence-corrected chi connectivity index (χ1v) is 17.7. The second-order valence-corrected chi connectivity index (χ2v) is 17.3. The Morgan fingerprint density at radius 2 is 0.940 bits per heavy atom. The van der Waals surface area contributed by atoms with Gasteiger partial charge in [0.2, 0.25) is 0 Å². The van der Waals surface area contributed by atoms with Crippen LogP contribution < -0.4 is 0 Å². The third-order valence-corrected chi connectivity index (χ3v) is 9.09. The molecule has 4 aromatic carbocycles. The number of halogens is 1. The van der Waals surface area contributed by atoms with Crippen molar-refractivity contribution in [3.63, 3.8) is 0 Å². The van der Waals surface area contributed by atoms with E-state index in [0.717, 1.165) is 40.5 Å². The van der Waals surface area contributed by atoms with Gasteiger partial charge < -0.3 is 10.2 Å². The molecule has 0 aliphatic heterocycles. The van der Waals surface area contributed by atoms with Crippen LogP contribution in [-0.4, -0.2) is 40.2 Å². The highest BCUT2D eigenvalue weighted by molar-refractivity contribution is 6.17. The van der Waals surface area contributed by atoms with Gasteiger partial charge in [-0.3, -0.25) is 0 Å². The summed E-state index contributed by atoms with van der Waals surface area (Å²) in [4.78, 5) is 3.03. The second kappa shape index (κ2) is 13.7. The lowest BCUT2D eigenvalue weighted by Crippen LogP contribution is -2.25. The number of aromatic nitrogens is 6. The summed E-state index contributed by atoms with van der Waals surface area (Å²) < 4.78 is 0. The smallest absolute Gasteiger partial charge is 0.147 e. The SMILES string of the molecule is CC(C)(C)CC(C)(C)c1cc(CCl)c(O)c(-n2nc3ccccc3n2)c1.CC(C)(C)CC(C)(C)c1ccc(O)c(-n2nc3ccccc3n2)c1. The topological polar surface area (TPSA) is 102 Å². The summed E-state index contributed by atoms with van der Waals surface area (Å²) in [6.07, 6.45) is 2.04. The van der Waals surface area contributed by atoms with Gasteiger partial charge in [-0.25, -0.2) is 0 Å². The van der Waals surface area contributed by atoms with Gasteiger partial charge >= 0.3 is 0 Å². The zero-order valence-electron chi connectivity index (χ0n) is 31.1. The van der Waals surface area contributed by atoms with Crippen LogP contribution in [-0.2, 0) is 16.7 Å². The molecule has 0 radical (unpaired) electrons. The molecule has 2 N–H and O–H groups in total. The van der Waals surface area contributed by atoms with Crippen molar-refractivity contribution in [3.05, 3.63) is 95.6 Å². The maximum atomic E-state index is 10.7. The number of fused-ring (bicyclic) bond motifs is 2. The fraction of sp³-hybridized carbons (Fsp3) is 0.415. The van der Waals surface area contributed by atoms with Crippen molar-refractivity contribution >= 4 is 33.7 Å². The van der Waals surface area contributed by atoms with Crippen molar-refractivity contribution in [3.8, 4) is 22.9 Å². The van der Waals surface area contributed by atoms with Crippen LogP contribution in [0.25, 0.3) is 33.4 Å². The molecule has 8 nitrogen and oxygen atoms in total. The van der Waals surface area contributed by atoms with Crippen molar-refractivity contribution in [1.29, 1.82) is 0 Å². The Balaban J connectivity index is 0.000000195. The summed E-state index contributed by atoms with van der Waals surface area (Å²) in [5.74, 6) is 0.556. The lowest BCUT2D eigenvalue weighted by molar-refractivity contribution is 0.283. The van der Waals surface area contributed by atoms with Crippen LogP contribution in [0.2, 0.25) is 0 Å². The third-order valence-electron chi connectivity index (χ3n) is 8.80. The lowest BCUT2D eigenvalue weighted by Gasteiger charge is -2.33. The lowest BCUT2D eigenvalue weighted by atomic mass is 9.72. The number of aromatic hydroxyl groups is 2. The number of hydrogen-bond acceptors (Lipinski definition) is 6. The Kier molecular flexibility index (Phi) is 10.1. The molecule has 0 saturated carbocycles. The molecule has 264 valence electrons. The van der Waals surface area contributed by atoms with Gasteiger partial charge in [0, 0.05) is 5.56 Å². The van der Waals surface area contributed by atoms with E-state index in [1.54, 1.807) is 6.07 Å². The molecule has 0 amide bonds. The van der Waals surface area contributed by atoms with E-state index in [2.05, 4.69) is 89.6 Å². The summed E-state index contributed by atoms with van der Waals surface area (Å²) in [6.45, 7) is 22.4. The van der Waals surface area contributed by atoms with Gasteiger partial charge in [-0.15, -0.1) is 41.6 Å². The normalized spacial score (nSPS) is 12.7. The molecule has 0 spiro atoms. The molecule has 0 aliphatic carbocycles. The Labute approximate surface area is 301 Å². The Morgan fingerprint density at radius 1 is 0.540 bits per heavy atom. The van der Waals surface area contributed by atoms with Crippen LogP contribution >= 0.6 is 11.6 Å². The van der Waals surface area contributed by atoms with Crippen molar-refractivity contribution in [2.45, 2.75) is 98.8 Å². The maximum absolute atomic E-state index is 10.7. The summed E-state index contributed by atoms with van der Waals surface area (Å²) in [5, 5.41) is 39.0. The molecule has 0 fully saturated rings. The number of alkyl halides is 1. The summed E-state index contributed by atoms with van der Waals surface area (Å²) in [7, 11) is 0. The average Bonchev–Trinajstić information content (AvgIpc) is 3.64. The van der Waals surface area contributed by atoms with E-state index in [4.69, 9.17) is 11.6 Å². The van der Waals surface area contributed by atoms with E-state index in [9.17, 15) is 10.2 Å². The molecule has 0 saturated heterocycles. The Bertz CT molecular complexity index is 2050. The predicted octanol–water partition coefficient (Wildman–Crippen LogP) is 10.4. The first-order chi connectivity index (χ1) is 23.3. The van der Waals surface area contributed by atoms with E-state index in [-0.39, 0.29) is 39.0 Å². The first-order valence-electron chi connectivity index (χ1n) is 17.2. The molecule has 2 heterocycles. The van der Waals surface area contributed by atoms with Crippen molar-refractivity contribution in [2.75, 3.05) is 0 Å². The van der Waals surface area contributed by atoms with Crippen LogP contribution in [0.4, 0.5) is 0 Å². The summed E-state index contributed by atoms with van der Waals surface area (Å²) >= 11 is 6.12. The van der Waals surface area contributed by atoms with E-state index in [1.807, 2.05) is 72.8 Å². The Morgan fingerprint density at radius 3 is 1.36 bits per heavy atom. The van der Waals surface area contributed by atoms with Crippen molar-refractivity contribution < 1.29 is 10.2 Å². The minimum absolute atomic E-state index is 0.00667. The zero-order chi connectivity index (χ0) is 36.6. The molecule has 2 aromatic heterocycles. The standard InChI is InChI=1S/C21H26ClN3O.C20H25N3O/c1-20(2,3)13-21(4,5)15-10-14(12-22)19(26)18(11-15)25-23-16-8-6-7-9-17(16)24-25;1-19(2,3)13-20(4,5)14-10-11-18(24)17(12-14)23-21-15-8-6-7-9-16(15)22-23/h6-11,26H,12-13H2,1-5H3;6-12,24H,13H2,1-5H3. The Hall–Kier alpha value is -4.43. The zero-order valence-corrected chi connectivity index (χ0v) is 31.8. The molecular weight excluding hydrogens is 644 g/mol. The molecule has 0 aliphatic rings. The monoisotopic (exact) mass is 694 g/mol. The molecule has 0 unspecified atom stereocenters. The van der Waals surface area contributed by atoms with Gasteiger partial charge in [0.05, 0.1) is 5.88 Å². The number of phenols is 2. The van der Waals surface area contributed by atoms with Crippen molar-refractivity contribution in [1.82, 2.24) is 30.0 Å². The minimum Gasteiger partial charge on any atom is -0.506 e. The second-order valence-electron chi connectivity index (χ2n) is 17.0. The fourth-order valence-corrected chi connectivity index (χ4v) is 7.42. The number of phenolic OH excluding ortho intramolecular Hbond substituents is 2. The van der Waals surface area contributed by atoms with Gasteiger partial charge in [-0.1, -0.05) is 106 Å². The molecule has 0 atom stereocenters. The highest BCUT2D eigenvalue weighted by atomic mass is 35.5. The maximum Gasteiger partial charge on any atom is 0.147 e. The number of benzene rings is 4. The number of nitrogens with zero attached hydrogens (tertiary/aromatic N) is 6. The first kappa shape index (κ1) is 36.8. The molecule has 0 bridgehead atoms. The van der Waals surface area contributed by atoms with Gasteiger partial charge in [0.15, 0.2) is 0 Å². The van der Waals surface area contributed by atoms with Crippen LogP contribution in [0, 0.1) is 10.8 Å². The quantitative estimate of drug-likeness (QED) is 0.161. The molecule has 9 heteroatoms. The van der Waals surface area contributed by atoms with Crippen LogP contribution in [0.15, 0.2) is 78.9 Å². The summed E-state index contributed by atoms with van der Waals surface area (Å²) in [6, 6.07) is 25.1. The summed E-state index contributed by atoms with van der Waals surface area (Å²) in [5.41, 5.74) is 7.71. The largest absolute Gasteiger partial charge is 0.506 e. The highest BCUT2D eigenvalue weighted by Gasteiger charge is 2.30. The van der Waals surface area contributed by atoms with Crippen LogP contribution in [0.1, 0.15) is 98.8 Å². The molecular formula is C41H51ClN6O2. The highest BCUT2D eigenvalue weighted by Crippen LogP contribution is 2.41. The van der Waals surface area contributed by atoms with Gasteiger partial charge in [-0.2, -0.15) is 0 Å². The van der Waals surface area contributed by atoms with Gasteiger partial charge in [0.1, 0.15) is 44.9 Å². The fourth-order valence-electron chi connectivity index (χ4n) is 7.22.